The number of likely N-dealkylation sites (N-methyl/N-ethyl adjacent to an activating group) is 1. The highest BCUT2D eigenvalue weighted by Gasteiger charge is 2.52. The lowest BCUT2D eigenvalue weighted by Gasteiger charge is -2.38. The van der Waals surface area contributed by atoms with Crippen molar-refractivity contribution < 1.29 is 13.2 Å². The van der Waals surface area contributed by atoms with E-state index in [9.17, 15) is 13.2 Å². The number of sulfonamides is 1. The number of fused-ring (bicyclic) bond motifs is 2. The van der Waals surface area contributed by atoms with Gasteiger partial charge in [0.2, 0.25) is 15.9 Å². The number of aryl methyl sites for hydroxylation is 2. The van der Waals surface area contributed by atoms with E-state index in [0.717, 1.165) is 22.4 Å². The van der Waals surface area contributed by atoms with Gasteiger partial charge in [-0.1, -0.05) is 35.9 Å². The summed E-state index contributed by atoms with van der Waals surface area (Å²) in [5.41, 5.74) is 3.23. The minimum absolute atomic E-state index is 0.111. The molecule has 2 aromatic carbocycles. The number of benzene rings is 2. The molecule has 4 rings (SSSR count). The first-order chi connectivity index (χ1) is 13.3. The number of anilines is 1. The highest BCUT2D eigenvalue weighted by atomic mass is 32.2. The Hall–Kier alpha value is -2.18. The summed E-state index contributed by atoms with van der Waals surface area (Å²) in [6.45, 7) is 7.11. The fourth-order valence-electron chi connectivity index (χ4n) is 4.73. The average molecular weight is 399 g/mol. The third-order valence-corrected chi connectivity index (χ3v) is 8.26. The Morgan fingerprint density at radius 3 is 2.36 bits per heavy atom. The second-order valence-electron chi connectivity index (χ2n) is 7.82. The Morgan fingerprint density at radius 2 is 1.71 bits per heavy atom. The summed E-state index contributed by atoms with van der Waals surface area (Å²) in [4.78, 5) is 15.4. The van der Waals surface area contributed by atoms with Crippen molar-refractivity contribution in [3.8, 4) is 0 Å². The molecule has 1 amide bonds. The number of para-hydroxylation sites is 1. The van der Waals surface area contributed by atoms with Crippen LogP contribution in [0.25, 0.3) is 0 Å². The van der Waals surface area contributed by atoms with Gasteiger partial charge in [-0.15, -0.1) is 0 Å². The number of rotatable bonds is 3. The van der Waals surface area contributed by atoms with Crippen LogP contribution in [0.3, 0.4) is 0 Å². The van der Waals surface area contributed by atoms with Crippen LogP contribution in [0.2, 0.25) is 0 Å². The largest absolute Gasteiger partial charge is 0.312 e. The molecule has 1 spiro atoms. The van der Waals surface area contributed by atoms with Crippen molar-refractivity contribution in [1.82, 2.24) is 4.31 Å². The van der Waals surface area contributed by atoms with Gasteiger partial charge in [-0.05, 0) is 56.9 Å². The van der Waals surface area contributed by atoms with E-state index < -0.39 is 15.4 Å². The van der Waals surface area contributed by atoms with Crippen molar-refractivity contribution in [2.75, 3.05) is 24.5 Å². The molecular formula is C22H26N2O3S. The Bertz CT molecular complexity index is 1040. The van der Waals surface area contributed by atoms with Crippen molar-refractivity contribution in [1.29, 1.82) is 0 Å². The first kappa shape index (κ1) is 19.2. The van der Waals surface area contributed by atoms with Crippen LogP contribution >= 0.6 is 0 Å². The van der Waals surface area contributed by atoms with Crippen molar-refractivity contribution in [2.24, 2.45) is 0 Å². The van der Waals surface area contributed by atoms with E-state index in [1.807, 2.05) is 62.1 Å². The molecule has 0 unspecified atom stereocenters. The fraction of sp³-hybridized carbons (Fsp3) is 0.409. The summed E-state index contributed by atoms with van der Waals surface area (Å²) in [6.07, 6.45) is 1.03. The molecule has 0 atom stereocenters. The second kappa shape index (κ2) is 6.71. The van der Waals surface area contributed by atoms with Gasteiger partial charge in [-0.3, -0.25) is 4.79 Å². The number of piperidine rings is 1. The molecule has 2 aliphatic rings. The summed E-state index contributed by atoms with van der Waals surface area (Å²) in [7, 11) is -3.56. The van der Waals surface area contributed by atoms with Crippen molar-refractivity contribution in [2.45, 2.75) is 43.9 Å². The molecule has 148 valence electrons. The van der Waals surface area contributed by atoms with Gasteiger partial charge in [0.25, 0.3) is 0 Å². The van der Waals surface area contributed by atoms with Crippen molar-refractivity contribution >= 4 is 21.6 Å². The van der Waals surface area contributed by atoms with Crippen LogP contribution in [0.1, 0.15) is 36.5 Å². The normalized spacial score (nSPS) is 19.2. The van der Waals surface area contributed by atoms with E-state index in [-0.39, 0.29) is 5.91 Å². The maximum absolute atomic E-state index is 13.2. The molecule has 0 bridgehead atoms. The predicted molar refractivity (Wildman–Crippen MR) is 110 cm³/mol. The zero-order valence-electron chi connectivity index (χ0n) is 16.6. The zero-order chi connectivity index (χ0) is 20.1. The Kier molecular flexibility index (Phi) is 4.59. The lowest BCUT2D eigenvalue weighted by molar-refractivity contribution is -0.124. The molecule has 28 heavy (non-hydrogen) atoms. The van der Waals surface area contributed by atoms with Gasteiger partial charge >= 0.3 is 0 Å². The third kappa shape index (κ3) is 2.70. The molecule has 0 aromatic heterocycles. The maximum atomic E-state index is 13.2. The molecule has 2 aliphatic heterocycles. The number of hydrogen-bond donors (Lipinski definition) is 0. The van der Waals surface area contributed by atoms with Crippen LogP contribution in [-0.2, 0) is 20.2 Å². The first-order valence-electron chi connectivity index (χ1n) is 9.80. The predicted octanol–water partition coefficient (Wildman–Crippen LogP) is 3.39. The van der Waals surface area contributed by atoms with Gasteiger partial charge in [0, 0.05) is 25.3 Å². The molecular weight excluding hydrogens is 372 g/mol. The van der Waals surface area contributed by atoms with Crippen LogP contribution in [0, 0.1) is 13.8 Å². The molecule has 5 nitrogen and oxygen atoms in total. The number of amides is 1. The summed E-state index contributed by atoms with van der Waals surface area (Å²) in [5, 5.41) is 0. The number of carbonyl (C=O) groups excluding carboxylic acids is 1. The van der Waals surface area contributed by atoms with Crippen LogP contribution in [0.15, 0.2) is 47.4 Å². The molecule has 0 N–H and O–H groups in total. The van der Waals surface area contributed by atoms with Crippen molar-refractivity contribution in [3.63, 3.8) is 0 Å². The molecule has 2 aromatic rings. The van der Waals surface area contributed by atoms with E-state index in [1.54, 1.807) is 10.4 Å². The average Bonchev–Trinajstić information content (AvgIpc) is 2.90. The van der Waals surface area contributed by atoms with Crippen LogP contribution in [-0.4, -0.2) is 38.3 Å². The van der Waals surface area contributed by atoms with E-state index in [4.69, 9.17) is 0 Å². The Labute approximate surface area is 167 Å². The summed E-state index contributed by atoms with van der Waals surface area (Å²) in [5.74, 6) is 0.111. The number of nitrogens with zero attached hydrogens (tertiary/aromatic N) is 2. The van der Waals surface area contributed by atoms with Crippen LogP contribution in [0.4, 0.5) is 5.69 Å². The molecule has 0 aliphatic carbocycles. The summed E-state index contributed by atoms with van der Waals surface area (Å²) in [6, 6.07) is 13.4. The Balaban J connectivity index is 1.64. The van der Waals surface area contributed by atoms with Crippen LogP contribution < -0.4 is 4.90 Å². The smallest absolute Gasteiger partial charge is 0.243 e. The zero-order valence-corrected chi connectivity index (χ0v) is 17.4. The fourth-order valence-corrected chi connectivity index (χ4v) is 6.38. The molecule has 0 saturated carbocycles. The topological polar surface area (TPSA) is 57.7 Å². The molecule has 1 saturated heterocycles. The van der Waals surface area contributed by atoms with E-state index in [0.29, 0.717) is 37.4 Å². The van der Waals surface area contributed by atoms with E-state index in [1.165, 1.54) is 0 Å². The highest BCUT2D eigenvalue weighted by molar-refractivity contribution is 7.89. The number of carbonyl (C=O) groups is 1. The van der Waals surface area contributed by atoms with Gasteiger partial charge in [0.05, 0.1) is 10.3 Å². The van der Waals surface area contributed by atoms with Gasteiger partial charge in [-0.2, -0.15) is 4.31 Å². The molecule has 0 radical (unpaired) electrons. The third-order valence-electron chi connectivity index (χ3n) is 6.21. The van der Waals surface area contributed by atoms with E-state index in [2.05, 4.69) is 0 Å². The minimum atomic E-state index is -3.56. The van der Waals surface area contributed by atoms with Gasteiger partial charge in [0.15, 0.2) is 0 Å². The molecule has 2 heterocycles. The van der Waals surface area contributed by atoms with Gasteiger partial charge < -0.3 is 4.90 Å². The minimum Gasteiger partial charge on any atom is -0.312 e. The molecule has 6 heteroatoms. The summed E-state index contributed by atoms with van der Waals surface area (Å²) < 4.78 is 27.9. The number of hydrogen-bond acceptors (Lipinski definition) is 3. The van der Waals surface area contributed by atoms with Gasteiger partial charge in [0.1, 0.15) is 0 Å². The quantitative estimate of drug-likeness (QED) is 0.796. The summed E-state index contributed by atoms with van der Waals surface area (Å²) >= 11 is 0. The van der Waals surface area contributed by atoms with Crippen molar-refractivity contribution in [3.05, 3.63) is 59.2 Å². The lowest BCUT2D eigenvalue weighted by Crippen LogP contribution is -2.50. The SMILES string of the molecule is CCN1C(=O)C2(CCN(S(=O)(=O)c3ccc(C)cc3C)CC2)c2ccccc21. The second-order valence-corrected chi connectivity index (χ2v) is 9.73. The highest BCUT2D eigenvalue weighted by Crippen LogP contribution is 2.48. The lowest BCUT2D eigenvalue weighted by atomic mass is 9.74. The van der Waals surface area contributed by atoms with E-state index >= 15 is 0 Å². The van der Waals surface area contributed by atoms with Gasteiger partial charge in [-0.25, -0.2) is 8.42 Å². The van der Waals surface area contributed by atoms with Crippen LogP contribution in [0.5, 0.6) is 0 Å². The standard InChI is InChI=1S/C22H26N2O3S/c1-4-24-19-8-6-5-7-18(19)22(21(24)25)11-13-23(14-12-22)28(26,27)20-10-9-16(2)15-17(20)3/h5-10,15H,4,11-14H2,1-3H3. The monoisotopic (exact) mass is 398 g/mol. The Morgan fingerprint density at radius 1 is 1.04 bits per heavy atom. The first-order valence-corrected chi connectivity index (χ1v) is 11.2. The molecule has 1 fully saturated rings. The maximum Gasteiger partial charge on any atom is 0.243 e.